The number of amides is 1. The smallest absolute Gasteiger partial charge is 0.355 e. The number of carbonyl (C=O) groups excluding carboxylic acids is 2. The third kappa shape index (κ3) is 2.58. The Balaban J connectivity index is 1.69. The molecule has 3 heterocycles. The second-order valence-corrected chi connectivity index (χ2v) is 6.46. The van der Waals surface area contributed by atoms with Crippen molar-refractivity contribution in [3.05, 3.63) is 53.9 Å². The quantitative estimate of drug-likeness (QED) is 0.679. The van der Waals surface area contributed by atoms with Crippen LogP contribution in [0.2, 0.25) is 0 Å². The highest BCUT2D eigenvalue weighted by molar-refractivity contribution is 5.99. The van der Waals surface area contributed by atoms with Crippen molar-refractivity contribution in [1.29, 1.82) is 0 Å². The Morgan fingerprint density at radius 3 is 2.77 bits per heavy atom. The maximum absolute atomic E-state index is 13.0. The Bertz CT molecular complexity index is 999. The fraction of sp³-hybridized carbons (Fsp3) is 0.300. The van der Waals surface area contributed by atoms with Crippen molar-refractivity contribution in [1.82, 2.24) is 9.13 Å². The normalized spacial score (nSPS) is 13.2. The summed E-state index contributed by atoms with van der Waals surface area (Å²) in [5, 5.41) is 0. The molecule has 0 radical (unpaired) electrons. The summed E-state index contributed by atoms with van der Waals surface area (Å²) >= 11 is 0. The van der Waals surface area contributed by atoms with Crippen LogP contribution in [0, 0.1) is 0 Å². The Labute approximate surface area is 151 Å². The van der Waals surface area contributed by atoms with Crippen LogP contribution in [0.15, 0.2) is 42.6 Å². The molecular formula is C20H21N3O3. The zero-order valence-electron chi connectivity index (χ0n) is 14.9. The van der Waals surface area contributed by atoms with Gasteiger partial charge in [-0.3, -0.25) is 4.79 Å². The molecule has 26 heavy (non-hydrogen) atoms. The molecule has 0 N–H and O–H groups in total. The van der Waals surface area contributed by atoms with Gasteiger partial charge >= 0.3 is 5.97 Å². The van der Waals surface area contributed by atoms with Gasteiger partial charge in [-0.05, 0) is 37.1 Å². The fourth-order valence-corrected chi connectivity index (χ4v) is 3.63. The van der Waals surface area contributed by atoms with Gasteiger partial charge < -0.3 is 18.8 Å². The Morgan fingerprint density at radius 1 is 1.15 bits per heavy atom. The molecule has 6 heteroatoms. The summed E-state index contributed by atoms with van der Waals surface area (Å²) in [4.78, 5) is 27.2. The molecule has 1 aromatic carbocycles. The maximum atomic E-state index is 13.0. The van der Waals surface area contributed by atoms with Crippen LogP contribution in [0.25, 0.3) is 11.0 Å². The first kappa shape index (κ1) is 16.4. The Hall–Kier alpha value is -3.02. The number of hydrogen-bond acceptors (Lipinski definition) is 3. The van der Waals surface area contributed by atoms with Crippen LogP contribution in [0.1, 0.15) is 23.0 Å². The summed E-state index contributed by atoms with van der Waals surface area (Å²) < 4.78 is 8.87. The standard InChI is InChI=1S/C20H21N3O3/c1-3-26-20(25)18-12-17-16(9-10-21(17)2)23(18)13-19(24)22-11-8-14-6-4-5-7-15(14)22/h4-7,9-10,12H,3,8,11,13H2,1-2H3. The minimum atomic E-state index is -0.404. The van der Waals surface area contributed by atoms with Crippen molar-refractivity contribution in [2.45, 2.75) is 19.9 Å². The van der Waals surface area contributed by atoms with Crippen molar-refractivity contribution in [2.75, 3.05) is 18.1 Å². The molecule has 0 atom stereocenters. The number of aromatic nitrogens is 2. The molecule has 0 aliphatic carbocycles. The van der Waals surface area contributed by atoms with E-state index < -0.39 is 5.97 Å². The summed E-state index contributed by atoms with van der Waals surface area (Å²) in [5.41, 5.74) is 4.32. The monoisotopic (exact) mass is 351 g/mol. The molecule has 0 saturated heterocycles. The minimum absolute atomic E-state index is 0.0261. The molecular weight excluding hydrogens is 330 g/mol. The molecule has 1 aliphatic rings. The summed E-state index contributed by atoms with van der Waals surface area (Å²) in [6, 6.07) is 11.7. The first-order valence-electron chi connectivity index (χ1n) is 8.80. The molecule has 6 nitrogen and oxygen atoms in total. The number of esters is 1. The van der Waals surface area contributed by atoms with Crippen LogP contribution in [0.4, 0.5) is 5.69 Å². The van der Waals surface area contributed by atoms with Gasteiger partial charge in [-0.2, -0.15) is 0 Å². The van der Waals surface area contributed by atoms with Crippen LogP contribution >= 0.6 is 0 Å². The van der Waals surface area contributed by atoms with Crippen molar-refractivity contribution < 1.29 is 14.3 Å². The predicted octanol–water partition coefficient (Wildman–Crippen LogP) is 2.75. The predicted molar refractivity (Wildman–Crippen MR) is 99.4 cm³/mol. The molecule has 134 valence electrons. The zero-order chi connectivity index (χ0) is 18.3. The second-order valence-electron chi connectivity index (χ2n) is 6.46. The molecule has 0 unspecified atom stereocenters. The number of nitrogens with zero attached hydrogens (tertiary/aromatic N) is 3. The second kappa shape index (κ2) is 6.37. The van der Waals surface area contributed by atoms with Gasteiger partial charge in [-0.25, -0.2) is 4.79 Å². The van der Waals surface area contributed by atoms with Gasteiger partial charge in [0.15, 0.2) is 0 Å². The van der Waals surface area contributed by atoms with E-state index in [1.54, 1.807) is 22.5 Å². The number of anilines is 1. The molecule has 0 saturated carbocycles. The van der Waals surface area contributed by atoms with E-state index in [9.17, 15) is 9.59 Å². The Morgan fingerprint density at radius 2 is 1.96 bits per heavy atom. The molecule has 1 aliphatic heterocycles. The van der Waals surface area contributed by atoms with Crippen molar-refractivity contribution in [3.8, 4) is 0 Å². The number of carbonyl (C=O) groups is 2. The highest BCUT2D eigenvalue weighted by Gasteiger charge is 2.27. The number of benzene rings is 1. The molecule has 1 amide bonds. The van der Waals surface area contributed by atoms with Crippen molar-refractivity contribution in [2.24, 2.45) is 7.05 Å². The fourth-order valence-electron chi connectivity index (χ4n) is 3.63. The number of hydrogen-bond donors (Lipinski definition) is 0. The first-order chi connectivity index (χ1) is 12.6. The van der Waals surface area contributed by atoms with Gasteiger partial charge in [-0.15, -0.1) is 0 Å². The highest BCUT2D eigenvalue weighted by Crippen LogP contribution is 2.28. The molecule has 2 aromatic heterocycles. The summed E-state index contributed by atoms with van der Waals surface area (Å²) in [7, 11) is 1.92. The van der Waals surface area contributed by atoms with Gasteiger partial charge in [-0.1, -0.05) is 18.2 Å². The number of para-hydroxylation sites is 1. The number of rotatable bonds is 4. The minimum Gasteiger partial charge on any atom is -0.461 e. The molecule has 0 spiro atoms. The van der Waals surface area contributed by atoms with E-state index in [2.05, 4.69) is 6.07 Å². The molecule has 0 bridgehead atoms. The van der Waals surface area contributed by atoms with Crippen LogP contribution in [-0.4, -0.2) is 34.2 Å². The van der Waals surface area contributed by atoms with Crippen LogP contribution in [0.3, 0.4) is 0 Å². The SMILES string of the molecule is CCOC(=O)c1cc2c(ccn2C)n1CC(=O)N1CCc2ccccc21. The molecule has 4 rings (SSSR count). The van der Waals surface area contributed by atoms with Crippen LogP contribution < -0.4 is 4.90 Å². The van der Waals surface area contributed by atoms with Gasteiger partial charge in [0.25, 0.3) is 0 Å². The van der Waals surface area contributed by atoms with Crippen molar-refractivity contribution >= 4 is 28.6 Å². The number of aryl methyl sites for hydroxylation is 1. The highest BCUT2D eigenvalue weighted by atomic mass is 16.5. The topological polar surface area (TPSA) is 56.5 Å². The van der Waals surface area contributed by atoms with Gasteiger partial charge in [0.05, 0.1) is 17.6 Å². The summed E-state index contributed by atoms with van der Waals surface area (Å²) in [6.07, 6.45) is 2.78. The average Bonchev–Trinajstić information content (AvgIpc) is 3.31. The van der Waals surface area contributed by atoms with E-state index in [4.69, 9.17) is 4.74 Å². The zero-order valence-corrected chi connectivity index (χ0v) is 14.9. The largest absolute Gasteiger partial charge is 0.461 e. The van der Waals surface area contributed by atoms with Crippen LogP contribution in [0.5, 0.6) is 0 Å². The van der Waals surface area contributed by atoms with Gasteiger partial charge in [0.2, 0.25) is 5.91 Å². The van der Waals surface area contributed by atoms with Crippen LogP contribution in [-0.2, 0) is 29.5 Å². The van der Waals surface area contributed by atoms with E-state index in [1.165, 1.54) is 5.56 Å². The summed E-state index contributed by atoms with van der Waals surface area (Å²) in [5.74, 6) is -0.430. The molecule has 3 aromatic rings. The van der Waals surface area contributed by atoms with Crippen molar-refractivity contribution in [3.63, 3.8) is 0 Å². The third-order valence-electron chi connectivity index (χ3n) is 4.92. The van der Waals surface area contributed by atoms with E-state index in [1.807, 2.05) is 42.1 Å². The third-order valence-corrected chi connectivity index (χ3v) is 4.92. The van der Waals surface area contributed by atoms with Gasteiger partial charge in [0.1, 0.15) is 12.2 Å². The lowest BCUT2D eigenvalue weighted by molar-refractivity contribution is -0.119. The number of fused-ring (bicyclic) bond motifs is 2. The van der Waals surface area contributed by atoms with E-state index in [0.29, 0.717) is 18.8 Å². The summed E-state index contributed by atoms with van der Waals surface area (Å²) in [6.45, 7) is 2.85. The molecule has 0 fully saturated rings. The van der Waals surface area contributed by atoms with E-state index in [0.717, 1.165) is 23.1 Å². The van der Waals surface area contributed by atoms with E-state index >= 15 is 0 Å². The number of ether oxygens (including phenoxy) is 1. The lowest BCUT2D eigenvalue weighted by atomic mass is 10.2. The Kier molecular flexibility index (Phi) is 4.03. The average molecular weight is 351 g/mol. The lowest BCUT2D eigenvalue weighted by Crippen LogP contribution is -2.33. The van der Waals surface area contributed by atoms with Gasteiger partial charge in [0, 0.05) is 25.5 Å². The maximum Gasteiger partial charge on any atom is 0.355 e. The van der Waals surface area contributed by atoms with E-state index in [-0.39, 0.29) is 12.5 Å². The lowest BCUT2D eigenvalue weighted by Gasteiger charge is -2.18. The first-order valence-corrected chi connectivity index (χ1v) is 8.80.